The number of hydrogen-bond acceptors (Lipinski definition) is 3. The molecule has 0 atom stereocenters. The van der Waals surface area contributed by atoms with Gasteiger partial charge in [0.1, 0.15) is 0 Å². The fourth-order valence-electron chi connectivity index (χ4n) is 3.57. The smallest absolute Gasteiger partial charge is 0.250 e. The fourth-order valence-corrected chi connectivity index (χ4v) is 4.82. The van der Waals surface area contributed by atoms with Gasteiger partial charge in [-0.15, -0.1) is 11.8 Å². The van der Waals surface area contributed by atoms with Crippen LogP contribution in [-0.4, -0.2) is 22.4 Å². The molecule has 1 heterocycles. The molecule has 4 nitrogen and oxygen atoms in total. The monoisotopic (exact) mass is 473 g/mol. The standard InChI is InChI=1S/C24H25Cl2N3OS/c1-15-7-16(2)9-19(8-15)13-31-14-24(30)28-27-12-20-10-17(3)29(18(20)4)23-6-5-21(25)11-22(23)26/h5-12H,13-14H2,1-4H3,(H,28,30)/b27-12-. The Bertz CT molecular complexity index is 1120. The number of nitrogens with one attached hydrogen (secondary N) is 1. The molecule has 2 aromatic carbocycles. The molecule has 0 saturated heterocycles. The van der Waals surface area contributed by atoms with Crippen LogP contribution in [0.1, 0.15) is 33.6 Å². The van der Waals surface area contributed by atoms with Crippen molar-refractivity contribution in [3.05, 3.63) is 86.2 Å². The fraction of sp³-hybridized carbons (Fsp3) is 0.250. The first-order chi connectivity index (χ1) is 14.7. The predicted molar refractivity (Wildman–Crippen MR) is 133 cm³/mol. The van der Waals surface area contributed by atoms with E-state index in [0.717, 1.165) is 28.4 Å². The van der Waals surface area contributed by atoms with Crippen LogP contribution in [0.15, 0.2) is 47.6 Å². The van der Waals surface area contributed by atoms with Crippen LogP contribution in [0.25, 0.3) is 5.69 Å². The lowest BCUT2D eigenvalue weighted by Crippen LogP contribution is -2.19. The predicted octanol–water partition coefficient (Wildman–Crippen LogP) is 6.40. The van der Waals surface area contributed by atoms with Gasteiger partial charge >= 0.3 is 0 Å². The van der Waals surface area contributed by atoms with Gasteiger partial charge in [-0.25, -0.2) is 5.43 Å². The van der Waals surface area contributed by atoms with Crippen molar-refractivity contribution in [1.29, 1.82) is 0 Å². The SMILES string of the molecule is Cc1cc(C)cc(CSCC(=O)N/N=C\c2cc(C)n(-c3ccc(Cl)cc3Cl)c2C)c1. The Morgan fingerprint density at radius 3 is 2.45 bits per heavy atom. The summed E-state index contributed by atoms with van der Waals surface area (Å²) in [6, 6.07) is 13.9. The summed E-state index contributed by atoms with van der Waals surface area (Å²) in [6.07, 6.45) is 1.66. The highest BCUT2D eigenvalue weighted by atomic mass is 35.5. The summed E-state index contributed by atoms with van der Waals surface area (Å²) in [5, 5.41) is 5.31. The molecule has 7 heteroatoms. The van der Waals surface area contributed by atoms with Crippen LogP contribution in [0.3, 0.4) is 0 Å². The summed E-state index contributed by atoms with van der Waals surface area (Å²) in [6.45, 7) is 8.15. The van der Waals surface area contributed by atoms with E-state index in [0.29, 0.717) is 15.8 Å². The van der Waals surface area contributed by atoms with Gasteiger partial charge in [0, 0.05) is 27.7 Å². The van der Waals surface area contributed by atoms with E-state index in [1.165, 1.54) is 16.7 Å². The minimum atomic E-state index is -0.125. The summed E-state index contributed by atoms with van der Waals surface area (Å²) in [5.74, 6) is 1.02. The van der Waals surface area contributed by atoms with Crippen molar-refractivity contribution < 1.29 is 4.79 Å². The van der Waals surface area contributed by atoms with Crippen LogP contribution in [-0.2, 0) is 10.5 Å². The Morgan fingerprint density at radius 1 is 1.06 bits per heavy atom. The quantitative estimate of drug-likeness (QED) is 0.318. The number of rotatable bonds is 7. The highest BCUT2D eigenvalue weighted by Crippen LogP contribution is 2.28. The first kappa shape index (κ1) is 23.5. The van der Waals surface area contributed by atoms with Crippen molar-refractivity contribution in [2.75, 3.05) is 5.75 Å². The van der Waals surface area contributed by atoms with Crippen molar-refractivity contribution in [1.82, 2.24) is 9.99 Å². The summed E-state index contributed by atoms with van der Waals surface area (Å²) < 4.78 is 2.04. The van der Waals surface area contributed by atoms with Gasteiger partial charge in [-0.05, 0) is 57.5 Å². The van der Waals surface area contributed by atoms with E-state index in [2.05, 4.69) is 42.6 Å². The molecule has 3 aromatic rings. The van der Waals surface area contributed by atoms with Gasteiger partial charge in [-0.1, -0.05) is 52.5 Å². The Kier molecular flexibility index (Phi) is 7.87. The Balaban J connectivity index is 1.59. The lowest BCUT2D eigenvalue weighted by Gasteiger charge is -2.11. The number of aryl methyl sites for hydroxylation is 3. The molecule has 0 aliphatic rings. The normalized spacial score (nSPS) is 11.3. The van der Waals surface area contributed by atoms with Gasteiger partial charge in [0.25, 0.3) is 0 Å². The molecule has 0 fully saturated rings. The molecule has 0 saturated carbocycles. The maximum atomic E-state index is 12.1. The second kappa shape index (κ2) is 10.4. The topological polar surface area (TPSA) is 46.4 Å². The van der Waals surface area contributed by atoms with Gasteiger partial charge in [0.2, 0.25) is 5.91 Å². The minimum Gasteiger partial charge on any atom is -0.316 e. The average molecular weight is 474 g/mol. The molecule has 1 N–H and O–H groups in total. The van der Waals surface area contributed by atoms with Gasteiger partial charge in [-0.3, -0.25) is 4.79 Å². The molecular formula is C24H25Cl2N3OS. The largest absolute Gasteiger partial charge is 0.316 e. The summed E-state index contributed by atoms with van der Waals surface area (Å²) >= 11 is 14.0. The lowest BCUT2D eigenvalue weighted by atomic mass is 10.1. The van der Waals surface area contributed by atoms with Crippen LogP contribution in [0.5, 0.6) is 0 Å². The molecule has 0 spiro atoms. The molecule has 1 amide bonds. The number of nitrogens with zero attached hydrogens (tertiary/aromatic N) is 2. The molecule has 162 valence electrons. The van der Waals surface area contributed by atoms with Crippen LogP contribution in [0.4, 0.5) is 0 Å². The Morgan fingerprint density at radius 2 is 1.77 bits per heavy atom. The van der Waals surface area contributed by atoms with E-state index in [1.807, 2.05) is 36.6 Å². The van der Waals surface area contributed by atoms with Gasteiger partial charge < -0.3 is 4.57 Å². The summed E-state index contributed by atoms with van der Waals surface area (Å²) in [7, 11) is 0. The van der Waals surface area contributed by atoms with E-state index >= 15 is 0 Å². The maximum absolute atomic E-state index is 12.1. The molecule has 0 radical (unpaired) electrons. The van der Waals surface area contributed by atoms with Crippen LogP contribution in [0.2, 0.25) is 10.0 Å². The van der Waals surface area contributed by atoms with Crippen LogP contribution >= 0.6 is 35.0 Å². The van der Waals surface area contributed by atoms with E-state index in [-0.39, 0.29) is 5.91 Å². The van der Waals surface area contributed by atoms with Crippen molar-refractivity contribution in [3.63, 3.8) is 0 Å². The summed E-state index contributed by atoms with van der Waals surface area (Å²) in [4.78, 5) is 12.1. The molecule has 0 aliphatic heterocycles. The number of halogens is 2. The average Bonchev–Trinajstić information content (AvgIpc) is 2.95. The van der Waals surface area contributed by atoms with Crippen molar-refractivity contribution in [2.24, 2.45) is 5.10 Å². The molecule has 3 rings (SSSR count). The van der Waals surface area contributed by atoms with E-state index in [9.17, 15) is 4.79 Å². The van der Waals surface area contributed by atoms with Gasteiger partial charge in [0.05, 0.1) is 22.7 Å². The number of thioether (sulfide) groups is 1. The number of hydrogen-bond donors (Lipinski definition) is 1. The van der Waals surface area contributed by atoms with Crippen molar-refractivity contribution >= 4 is 47.1 Å². The third-order valence-electron chi connectivity index (χ3n) is 4.80. The molecular weight excluding hydrogens is 449 g/mol. The number of amides is 1. The first-order valence-corrected chi connectivity index (χ1v) is 11.8. The zero-order valence-electron chi connectivity index (χ0n) is 18.0. The molecule has 1 aromatic heterocycles. The molecule has 0 aliphatic carbocycles. The van der Waals surface area contributed by atoms with E-state index in [4.69, 9.17) is 23.2 Å². The second-order valence-corrected chi connectivity index (χ2v) is 9.37. The highest BCUT2D eigenvalue weighted by Gasteiger charge is 2.12. The number of hydrazone groups is 1. The van der Waals surface area contributed by atoms with Crippen LogP contribution < -0.4 is 5.43 Å². The lowest BCUT2D eigenvalue weighted by molar-refractivity contribution is -0.118. The number of carbonyl (C=O) groups is 1. The minimum absolute atomic E-state index is 0.125. The Labute approximate surface area is 197 Å². The highest BCUT2D eigenvalue weighted by molar-refractivity contribution is 7.99. The third kappa shape index (κ3) is 6.16. The zero-order valence-corrected chi connectivity index (χ0v) is 20.3. The summed E-state index contributed by atoms with van der Waals surface area (Å²) in [5.41, 5.74) is 10.1. The van der Waals surface area contributed by atoms with E-state index in [1.54, 1.807) is 24.0 Å². The third-order valence-corrected chi connectivity index (χ3v) is 6.34. The zero-order chi connectivity index (χ0) is 22.5. The van der Waals surface area contributed by atoms with Crippen molar-refractivity contribution in [3.8, 4) is 5.69 Å². The second-order valence-electron chi connectivity index (χ2n) is 7.54. The maximum Gasteiger partial charge on any atom is 0.250 e. The number of aromatic nitrogens is 1. The van der Waals surface area contributed by atoms with Crippen molar-refractivity contribution in [2.45, 2.75) is 33.4 Å². The number of benzene rings is 2. The molecule has 0 bridgehead atoms. The number of carbonyl (C=O) groups excluding carboxylic acids is 1. The first-order valence-electron chi connectivity index (χ1n) is 9.86. The molecule has 0 unspecified atom stereocenters. The van der Waals surface area contributed by atoms with Gasteiger partial charge in [-0.2, -0.15) is 5.10 Å². The Hall–Kier alpha value is -2.21. The van der Waals surface area contributed by atoms with E-state index < -0.39 is 0 Å². The molecule has 31 heavy (non-hydrogen) atoms. The van der Waals surface area contributed by atoms with Crippen LogP contribution in [0, 0.1) is 27.7 Å². The van der Waals surface area contributed by atoms with Gasteiger partial charge in [0.15, 0.2) is 0 Å².